The van der Waals surface area contributed by atoms with E-state index in [0.29, 0.717) is 18.1 Å². The molecule has 1 aliphatic carbocycles. The van der Waals surface area contributed by atoms with Gasteiger partial charge in [-0.25, -0.2) is 8.78 Å². The minimum atomic E-state index is -0.429. The Hall–Kier alpha value is -1.79. The van der Waals surface area contributed by atoms with Crippen LogP contribution in [0.4, 0.5) is 8.78 Å². The Kier molecular flexibility index (Phi) is 5.40. The van der Waals surface area contributed by atoms with E-state index in [1.165, 1.54) is 36.1 Å². The predicted molar refractivity (Wildman–Crippen MR) is 110 cm³/mol. The highest BCUT2D eigenvalue weighted by Gasteiger charge is 2.40. The lowest BCUT2D eigenvalue weighted by molar-refractivity contribution is -0.134. The van der Waals surface area contributed by atoms with Crippen molar-refractivity contribution in [2.75, 3.05) is 32.8 Å². The number of rotatable bonds is 3. The molecule has 162 valence electrons. The summed E-state index contributed by atoms with van der Waals surface area (Å²) >= 11 is 0. The van der Waals surface area contributed by atoms with Crippen LogP contribution in [0.25, 0.3) is 0 Å². The second-order valence-corrected chi connectivity index (χ2v) is 9.57. The van der Waals surface area contributed by atoms with E-state index in [1.54, 1.807) is 0 Å². The first-order valence-corrected chi connectivity index (χ1v) is 11.3. The van der Waals surface area contributed by atoms with Crippen LogP contribution in [-0.4, -0.2) is 54.5 Å². The van der Waals surface area contributed by atoms with Crippen molar-refractivity contribution in [3.8, 4) is 0 Å². The number of amides is 1. The zero-order valence-electron chi connectivity index (χ0n) is 17.6. The lowest BCUT2D eigenvalue weighted by Crippen LogP contribution is -2.45. The molecule has 5 rings (SSSR count). The van der Waals surface area contributed by atoms with E-state index in [0.717, 1.165) is 51.5 Å². The fraction of sp³-hybridized carbons (Fsp3) is 0.625. The second-order valence-electron chi connectivity index (χ2n) is 9.57. The van der Waals surface area contributed by atoms with Crippen LogP contribution in [-0.2, 0) is 9.53 Å². The number of benzene rings is 1. The van der Waals surface area contributed by atoms with Gasteiger partial charge in [0, 0.05) is 43.7 Å². The van der Waals surface area contributed by atoms with E-state index in [9.17, 15) is 13.6 Å². The molecule has 0 unspecified atom stereocenters. The number of carbonyl (C=O) groups is 1. The Morgan fingerprint density at radius 2 is 1.77 bits per heavy atom. The van der Waals surface area contributed by atoms with E-state index >= 15 is 0 Å². The molecule has 0 bridgehead atoms. The molecule has 1 aromatic carbocycles. The van der Waals surface area contributed by atoms with Crippen LogP contribution in [0, 0.1) is 23.5 Å². The third-order valence-corrected chi connectivity index (χ3v) is 7.48. The van der Waals surface area contributed by atoms with Crippen molar-refractivity contribution >= 4 is 5.91 Å². The van der Waals surface area contributed by atoms with Crippen molar-refractivity contribution in [2.45, 2.75) is 51.2 Å². The minimum absolute atomic E-state index is 0.107. The van der Waals surface area contributed by atoms with Crippen LogP contribution in [0.15, 0.2) is 29.3 Å². The number of hydrogen-bond acceptors (Lipinski definition) is 3. The molecule has 2 fully saturated rings. The van der Waals surface area contributed by atoms with Gasteiger partial charge in [-0.05, 0) is 54.5 Å². The maximum absolute atomic E-state index is 14.2. The van der Waals surface area contributed by atoms with Gasteiger partial charge in [-0.2, -0.15) is 0 Å². The summed E-state index contributed by atoms with van der Waals surface area (Å²) in [5.41, 5.74) is 3.11. The number of nitrogens with zero attached hydrogens (tertiary/aromatic N) is 2. The largest absolute Gasteiger partial charge is 0.372 e. The standard InChI is InChI=1S/C24H30F2N2O2/c1-15-8-20(14-30-23(15)21-9-19(25)6-7-22(21)26)27-10-17-12-28(13-18(17)11-27)24(29)16-4-2-3-5-16/h6-7,9,15-16,20,23H,2-5,8,10-14H2,1H3/t15-,20+,23-/m0/s1. The molecule has 30 heavy (non-hydrogen) atoms. The maximum Gasteiger partial charge on any atom is 0.226 e. The molecule has 3 atom stereocenters. The summed E-state index contributed by atoms with van der Waals surface area (Å²) in [6.07, 6.45) is 4.97. The van der Waals surface area contributed by atoms with Gasteiger partial charge in [0.05, 0.1) is 12.7 Å². The molecule has 1 amide bonds. The zero-order valence-corrected chi connectivity index (χ0v) is 17.6. The van der Waals surface area contributed by atoms with E-state index in [2.05, 4.69) is 16.7 Å². The average Bonchev–Trinajstić information content (AvgIpc) is 3.46. The van der Waals surface area contributed by atoms with Crippen molar-refractivity contribution < 1.29 is 18.3 Å². The highest BCUT2D eigenvalue weighted by atomic mass is 19.1. The quantitative estimate of drug-likeness (QED) is 0.697. The van der Waals surface area contributed by atoms with Gasteiger partial charge in [0.1, 0.15) is 11.6 Å². The number of halogens is 2. The topological polar surface area (TPSA) is 32.8 Å². The van der Waals surface area contributed by atoms with Gasteiger partial charge in [0.2, 0.25) is 5.91 Å². The summed E-state index contributed by atoms with van der Waals surface area (Å²) in [6, 6.07) is 3.87. The summed E-state index contributed by atoms with van der Waals surface area (Å²) in [5.74, 6) is -0.130. The summed E-state index contributed by atoms with van der Waals surface area (Å²) in [4.78, 5) is 17.2. The van der Waals surface area contributed by atoms with Gasteiger partial charge in [-0.1, -0.05) is 19.8 Å². The second kappa shape index (κ2) is 8.04. The number of carbonyl (C=O) groups excluding carboxylic acids is 1. The Labute approximate surface area is 176 Å². The molecule has 1 aromatic rings. The van der Waals surface area contributed by atoms with Gasteiger partial charge in [-0.3, -0.25) is 9.69 Å². The van der Waals surface area contributed by atoms with E-state index < -0.39 is 17.7 Å². The molecule has 1 saturated heterocycles. The number of ether oxygens (including phenoxy) is 1. The molecule has 6 heteroatoms. The molecule has 0 aromatic heterocycles. The zero-order chi connectivity index (χ0) is 20.8. The van der Waals surface area contributed by atoms with Crippen LogP contribution in [0.5, 0.6) is 0 Å². The van der Waals surface area contributed by atoms with Crippen LogP contribution in [0.2, 0.25) is 0 Å². The third-order valence-electron chi connectivity index (χ3n) is 7.48. The predicted octanol–water partition coefficient (Wildman–Crippen LogP) is 4.08. The fourth-order valence-corrected chi connectivity index (χ4v) is 5.84. The summed E-state index contributed by atoms with van der Waals surface area (Å²) in [6.45, 7) is 5.92. The number of hydrogen-bond donors (Lipinski definition) is 0. The highest BCUT2D eigenvalue weighted by molar-refractivity contribution is 5.80. The Bertz CT molecular complexity index is 847. The van der Waals surface area contributed by atoms with Crippen molar-refractivity contribution in [1.82, 2.24) is 9.80 Å². The Morgan fingerprint density at radius 3 is 2.43 bits per heavy atom. The van der Waals surface area contributed by atoms with Gasteiger partial charge in [-0.15, -0.1) is 0 Å². The van der Waals surface area contributed by atoms with Gasteiger partial charge in [0.15, 0.2) is 0 Å². The van der Waals surface area contributed by atoms with Crippen molar-refractivity contribution in [2.24, 2.45) is 11.8 Å². The lowest BCUT2D eigenvalue weighted by atomic mass is 9.88. The first-order valence-electron chi connectivity index (χ1n) is 11.3. The molecule has 0 spiro atoms. The Balaban J connectivity index is 1.17. The van der Waals surface area contributed by atoms with E-state index in [4.69, 9.17) is 4.74 Å². The highest BCUT2D eigenvalue weighted by Crippen LogP contribution is 2.38. The molecular weight excluding hydrogens is 386 g/mol. The van der Waals surface area contributed by atoms with Gasteiger partial charge in [0.25, 0.3) is 0 Å². The smallest absolute Gasteiger partial charge is 0.226 e. The molecular formula is C24H30F2N2O2. The molecule has 3 heterocycles. The first kappa shape index (κ1) is 20.1. The summed E-state index contributed by atoms with van der Waals surface area (Å²) in [5, 5.41) is 0. The molecule has 3 aliphatic heterocycles. The normalized spacial score (nSPS) is 30.4. The fourth-order valence-electron chi connectivity index (χ4n) is 5.84. The van der Waals surface area contributed by atoms with Gasteiger partial charge >= 0.3 is 0 Å². The lowest BCUT2D eigenvalue weighted by Gasteiger charge is -2.39. The molecule has 0 radical (unpaired) electrons. The van der Waals surface area contributed by atoms with Crippen molar-refractivity contribution in [3.63, 3.8) is 0 Å². The maximum atomic E-state index is 14.2. The molecule has 1 saturated carbocycles. The van der Waals surface area contributed by atoms with Crippen molar-refractivity contribution in [3.05, 3.63) is 46.5 Å². The van der Waals surface area contributed by atoms with Crippen molar-refractivity contribution in [1.29, 1.82) is 0 Å². The first-order chi connectivity index (χ1) is 14.5. The molecule has 4 nitrogen and oxygen atoms in total. The van der Waals surface area contributed by atoms with Crippen LogP contribution in [0.1, 0.15) is 50.7 Å². The van der Waals surface area contributed by atoms with Crippen LogP contribution in [0.3, 0.4) is 0 Å². The minimum Gasteiger partial charge on any atom is -0.372 e. The molecule has 0 N–H and O–H groups in total. The molecule has 4 aliphatic rings. The average molecular weight is 417 g/mol. The van der Waals surface area contributed by atoms with Gasteiger partial charge < -0.3 is 9.64 Å². The van der Waals surface area contributed by atoms with E-state index in [-0.39, 0.29) is 17.9 Å². The SMILES string of the molecule is C[C@H]1C[C@@H](N2CC3=C(CN(C(=O)C4CCCC4)C3)C2)CO[C@@H]1c1cc(F)ccc1F. The summed E-state index contributed by atoms with van der Waals surface area (Å²) < 4.78 is 33.9. The summed E-state index contributed by atoms with van der Waals surface area (Å²) in [7, 11) is 0. The monoisotopic (exact) mass is 416 g/mol. The Morgan fingerprint density at radius 1 is 1.07 bits per heavy atom. The third kappa shape index (κ3) is 3.69. The van der Waals surface area contributed by atoms with E-state index in [1.807, 2.05) is 0 Å². The van der Waals surface area contributed by atoms with Crippen LogP contribution < -0.4 is 0 Å². The van der Waals surface area contributed by atoms with Crippen LogP contribution >= 0.6 is 0 Å².